The van der Waals surface area contributed by atoms with Crippen molar-refractivity contribution in [1.82, 2.24) is 9.78 Å². The van der Waals surface area contributed by atoms with E-state index in [1.165, 1.54) is 12.1 Å². The lowest BCUT2D eigenvalue weighted by Gasteiger charge is -2.07. The molecule has 0 amide bonds. The maximum Gasteiger partial charge on any atom is 0.123 e. The van der Waals surface area contributed by atoms with Gasteiger partial charge >= 0.3 is 0 Å². The summed E-state index contributed by atoms with van der Waals surface area (Å²) in [5.74, 6) is 0.114. The van der Waals surface area contributed by atoms with Gasteiger partial charge in [0.25, 0.3) is 0 Å². The molecular formula is C18H17FN2. The average molecular weight is 280 g/mol. The molecule has 0 unspecified atom stereocenters. The van der Waals surface area contributed by atoms with Crippen molar-refractivity contribution in [2.75, 3.05) is 0 Å². The van der Waals surface area contributed by atoms with Crippen molar-refractivity contribution in [1.29, 1.82) is 0 Å². The van der Waals surface area contributed by atoms with Gasteiger partial charge in [0.2, 0.25) is 0 Å². The van der Waals surface area contributed by atoms with E-state index in [0.29, 0.717) is 5.92 Å². The molecule has 0 aliphatic rings. The fourth-order valence-corrected chi connectivity index (χ4v) is 2.27. The lowest BCUT2D eigenvalue weighted by Crippen LogP contribution is -2.00. The summed E-state index contributed by atoms with van der Waals surface area (Å²) in [7, 11) is 0. The Balaban J connectivity index is 2.16. The largest absolute Gasteiger partial charge is 0.233 e. The second-order valence-electron chi connectivity index (χ2n) is 5.36. The highest BCUT2D eigenvalue weighted by molar-refractivity contribution is 5.62. The fourth-order valence-electron chi connectivity index (χ4n) is 2.27. The summed E-state index contributed by atoms with van der Waals surface area (Å²) < 4.78 is 15.1. The van der Waals surface area contributed by atoms with E-state index in [1.807, 2.05) is 35.0 Å². The van der Waals surface area contributed by atoms with Crippen LogP contribution in [-0.4, -0.2) is 9.78 Å². The van der Waals surface area contributed by atoms with Gasteiger partial charge in [0.1, 0.15) is 5.82 Å². The van der Waals surface area contributed by atoms with Crippen LogP contribution in [0.5, 0.6) is 0 Å². The third kappa shape index (κ3) is 2.72. The van der Waals surface area contributed by atoms with Gasteiger partial charge in [-0.15, -0.1) is 0 Å². The van der Waals surface area contributed by atoms with E-state index >= 15 is 0 Å². The monoisotopic (exact) mass is 280 g/mol. The van der Waals surface area contributed by atoms with Crippen molar-refractivity contribution in [3.63, 3.8) is 0 Å². The van der Waals surface area contributed by atoms with E-state index in [0.717, 1.165) is 22.6 Å². The molecule has 0 saturated carbocycles. The van der Waals surface area contributed by atoms with Gasteiger partial charge in [-0.3, -0.25) is 0 Å². The molecule has 3 rings (SSSR count). The molecule has 0 fully saturated rings. The minimum atomic E-state index is -0.228. The highest BCUT2D eigenvalue weighted by Gasteiger charge is 2.13. The summed E-state index contributed by atoms with van der Waals surface area (Å²) >= 11 is 0. The number of para-hydroxylation sites is 1. The smallest absolute Gasteiger partial charge is 0.123 e. The van der Waals surface area contributed by atoms with Crippen LogP contribution in [-0.2, 0) is 0 Å². The van der Waals surface area contributed by atoms with Crippen molar-refractivity contribution < 1.29 is 4.39 Å². The zero-order valence-corrected chi connectivity index (χ0v) is 12.1. The summed E-state index contributed by atoms with van der Waals surface area (Å²) in [6.45, 7) is 4.23. The van der Waals surface area contributed by atoms with E-state index in [4.69, 9.17) is 5.10 Å². The van der Waals surface area contributed by atoms with Crippen LogP contribution in [0.2, 0.25) is 0 Å². The molecule has 1 heterocycles. The first-order valence-corrected chi connectivity index (χ1v) is 7.06. The summed E-state index contributed by atoms with van der Waals surface area (Å²) in [6, 6.07) is 18.6. The van der Waals surface area contributed by atoms with Crippen LogP contribution in [0.4, 0.5) is 4.39 Å². The van der Waals surface area contributed by atoms with Crippen LogP contribution in [0.25, 0.3) is 16.9 Å². The fraction of sp³-hybridized carbons (Fsp3) is 0.167. The molecule has 3 aromatic rings. The number of aromatic nitrogens is 2. The van der Waals surface area contributed by atoms with E-state index < -0.39 is 0 Å². The topological polar surface area (TPSA) is 17.8 Å². The molecule has 0 bridgehead atoms. The second-order valence-corrected chi connectivity index (χ2v) is 5.36. The quantitative estimate of drug-likeness (QED) is 0.673. The normalized spacial score (nSPS) is 11.0. The minimum absolute atomic E-state index is 0.228. The summed E-state index contributed by atoms with van der Waals surface area (Å²) in [5, 5.41) is 4.70. The van der Waals surface area contributed by atoms with Crippen LogP contribution in [0.3, 0.4) is 0 Å². The van der Waals surface area contributed by atoms with Crippen molar-refractivity contribution in [3.8, 4) is 16.9 Å². The Bertz CT molecular complexity index is 728. The summed E-state index contributed by atoms with van der Waals surface area (Å²) in [6.07, 6.45) is 0. The molecule has 21 heavy (non-hydrogen) atoms. The van der Waals surface area contributed by atoms with Gasteiger partial charge in [0, 0.05) is 5.56 Å². The summed E-state index contributed by atoms with van der Waals surface area (Å²) in [4.78, 5) is 0. The van der Waals surface area contributed by atoms with Gasteiger partial charge in [-0.05, 0) is 48.4 Å². The lowest BCUT2D eigenvalue weighted by atomic mass is 10.1. The maximum absolute atomic E-state index is 13.1. The Labute approximate surface area is 123 Å². The van der Waals surface area contributed by atoms with Crippen molar-refractivity contribution in [3.05, 3.63) is 72.2 Å². The number of halogens is 1. The maximum atomic E-state index is 13.1. The lowest BCUT2D eigenvalue weighted by molar-refractivity contribution is 0.628. The van der Waals surface area contributed by atoms with Crippen LogP contribution < -0.4 is 0 Å². The van der Waals surface area contributed by atoms with Gasteiger partial charge < -0.3 is 0 Å². The van der Waals surface area contributed by atoms with Crippen LogP contribution in [0.15, 0.2) is 60.7 Å². The van der Waals surface area contributed by atoms with Crippen LogP contribution in [0, 0.1) is 5.82 Å². The number of hydrogen-bond donors (Lipinski definition) is 0. The molecule has 0 aliphatic carbocycles. The van der Waals surface area contributed by atoms with Crippen molar-refractivity contribution in [2.45, 2.75) is 19.8 Å². The molecule has 0 N–H and O–H groups in total. The molecule has 2 nitrogen and oxygen atoms in total. The first-order chi connectivity index (χ1) is 10.1. The molecule has 106 valence electrons. The Morgan fingerprint density at radius 3 is 2.24 bits per heavy atom. The number of nitrogens with zero attached hydrogens (tertiary/aromatic N) is 2. The molecule has 2 aromatic carbocycles. The molecule has 0 saturated heterocycles. The highest BCUT2D eigenvalue weighted by atomic mass is 19.1. The van der Waals surface area contributed by atoms with Gasteiger partial charge in [0.15, 0.2) is 0 Å². The predicted molar refractivity (Wildman–Crippen MR) is 83.0 cm³/mol. The zero-order valence-electron chi connectivity index (χ0n) is 12.1. The number of benzene rings is 2. The molecule has 0 radical (unpaired) electrons. The van der Waals surface area contributed by atoms with Crippen molar-refractivity contribution in [2.24, 2.45) is 0 Å². The Morgan fingerprint density at radius 1 is 0.952 bits per heavy atom. The molecule has 1 aromatic heterocycles. The molecular weight excluding hydrogens is 263 g/mol. The van der Waals surface area contributed by atoms with Gasteiger partial charge in [-0.25, -0.2) is 9.07 Å². The van der Waals surface area contributed by atoms with Gasteiger partial charge in [0.05, 0.1) is 17.1 Å². The predicted octanol–water partition coefficient (Wildman–Crippen LogP) is 4.80. The molecule has 0 atom stereocenters. The van der Waals surface area contributed by atoms with Crippen molar-refractivity contribution >= 4 is 0 Å². The van der Waals surface area contributed by atoms with E-state index in [1.54, 1.807) is 12.1 Å². The standard InChI is InChI=1S/C18H17FN2/c1-13(2)17-12-18(14-8-10-15(19)11-9-14)21(20-17)16-6-4-3-5-7-16/h3-13H,1-2H3. The third-order valence-corrected chi connectivity index (χ3v) is 3.46. The molecule has 0 spiro atoms. The Kier molecular flexibility index (Phi) is 3.57. The van der Waals surface area contributed by atoms with Gasteiger partial charge in [-0.2, -0.15) is 5.10 Å². The minimum Gasteiger partial charge on any atom is -0.233 e. The van der Waals surface area contributed by atoms with E-state index in [9.17, 15) is 4.39 Å². The SMILES string of the molecule is CC(C)c1cc(-c2ccc(F)cc2)n(-c2ccccc2)n1. The van der Waals surface area contributed by atoms with E-state index in [2.05, 4.69) is 19.9 Å². The van der Waals surface area contributed by atoms with Crippen LogP contribution in [0.1, 0.15) is 25.5 Å². The first-order valence-electron chi connectivity index (χ1n) is 7.06. The second kappa shape index (κ2) is 5.52. The summed E-state index contributed by atoms with van der Waals surface area (Å²) in [5.41, 5.74) is 3.96. The average Bonchev–Trinajstić information content (AvgIpc) is 2.94. The molecule has 3 heteroatoms. The first kappa shape index (κ1) is 13.6. The third-order valence-electron chi connectivity index (χ3n) is 3.46. The Morgan fingerprint density at radius 2 is 1.62 bits per heavy atom. The van der Waals surface area contributed by atoms with Crippen LogP contribution >= 0.6 is 0 Å². The Hall–Kier alpha value is -2.42. The molecule has 0 aliphatic heterocycles. The zero-order chi connectivity index (χ0) is 14.8. The van der Waals surface area contributed by atoms with Gasteiger partial charge in [-0.1, -0.05) is 32.0 Å². The highest BCUT2D eigenvalue weighted by Crippen LogP contribution is 2.27. The van der Waals surface area contributed by atoms with E-state index in [-0.39, 0.29) is 5.82 Å². The number of hydrogen-bond acceptors (Lipinski definition) is 1. The number of rotatable bonds is 3.